The number of rotatable bonds is 4. The Morgan fingerprint density at radius 1 is 1.38 bits per heavy atom. The molecular formula is C12H13BrO3. The fraction of sp³-hybridized carbons (Fsp3) is 0.333. The first-order valence-corrected chi connectivity index (χ1v) is 5.79. The highest BCUT2D eigenvalue weighted by Gasteiger charge is 2.15. The van der Waals surface area contributed by atoms with E-state index in [1.807, 2.05) is 0 Å². The van der Waals surface area contributed by atoms with Crippen LogP contribution < -0.4 is 0 Å². The molecule has 0 heterocycles. The van der Waals surface area contributed by atoms with Crippen molar-refractivity contribution in [1.29, 1.82) is 0 Å². The molecule has 0 spiro atoms. The van der Waals surface area contributed by atoms with Crippen molar-refractivity contribution >= 4 is 27.7 Å². The standard InChI is InChI=1S/C12H13BrO3/c1-3-16-12(15)9-5-4-6-11(13)10(9)7-8(2)14/h4-6H,3,7H2,1-2H3. The summed E-state index contributed by atoms with van der Waals surface area (Å²) in [7, 11) is 0. The third-order valence-corrected chi connectivity index (χ3v) is 2.78. The van der Waals surface area contributed by atoms with E-state index >= 15 is 0 Å². The first-order valence-electron chi connectivity index (χ1n) is 5.00. The third-order valence-electron chi connectivity index (χ3n) is 2.04. The van der Waals surface area contributed by atoms with Crippen LogP contribution in [0.5, 0.6) is 0 Å². The van der Waals surface area contributed by atoms with Crippen LogP contribution in [0.2, 0.25) is 0 Å². The van der Waals surface area contributed by atoms with Crippen molar-refractivity contribution in [3.05, 3.63) is 33.8 Å². The Morgan fingerprint density at radius 3 is 2.62 bits per heavy atom. The van der Waals surface area contributed by atoms with Crippen LogP contribution in [0.3, 0.4) is 0 Å². The average molecular weight is 285 g/mol. The van der Waals surface area contributed by atoms with Gasteiger partial charge in [-0.25, -0.2) is 4.79 Å². The van der Waals surface area contributed by atoms with Gasteiger partial charge in [-0.3, -0.25) is 4.79 Å². The number of hydrogen-bond donors (Lipinski definition) is 0. The molecule has 16 heavy (non-hydrogen) atoms. The van der Waals surface area contributed by atoms with Gasteiger partial charge in [-0.15, -0.1) is 0 Å². The van der Waals surface area contributed by atoms with Gasteiger partial charge < -0.3 is 4.74 Å². The highest BCUT2D eigenvalue weighted by molar-refractivity contribution is 9.10. The molecule has 0 amide bonds. The Bertz CT molecular complexity index is 413. The molecule has 86 valence electrons. The van der Waals surface area contributed by atoms with Crippen molar-refractivity contribution < 1.29 is 14.3 Å². The lowest BCUT2D eigenvalue weighted by Gasteiger charge is -2.09. The molecule has 0 aliphatic rings. The number of benzene rings is 1. The van der Waals surface area contributed by atoms with Gasteiger partial charge in [0.25, 0.3) is 0 Å². The molecular weight excluding hydrogens is 272 g/mol. The lowest BCUT2D eigenvalue weighted by Crippen LogP contribution is -2.10. The van der Waals surface area contributed by atoms with Crippen LogP contribution in [-0.4, -0.2) is 18.4 Å². The van der Waals surface area contributed by atoms with Crippen LogP contribution >= 0.6 is 15.9 Å². The van der Waals surface area contributed by atoms with Gasteiger partial charge >= 0.3 is 5.97 Å². The summed E-state index contributed by atoms with van der Waals surface area (Å²) in [5, 5.41) is 0. The molecule has 3 nitrogen and oxygen atoms in total. The molecule has 4 heteroatoms. The second kappa shape index (κ2) is 5.80. The largest absolute Gasteiger partial charge is 0.462 e. The minimum Gasteiger partial charge on any atom is -0.462 e. The predicted octanol–water partition coefficient (Wildman–Crippen LogP) is 2.76. The Kier molecular flexibility index (Phi) is 4.68. The summed E-state index contributed by atoms with van der Waals surface area (Å²) in [6, 6.07) is 5.22. The van der Waals surface area contributed by atoms with E-state index in [1.54, 1.807) is 25.1 Å². The summed E-state index contributed by atoms with van der Waals surface area (Å²) in [6.45, 7) is 3.57. The van der Waals surface area contributed by atoms with Gasteiger partial charge in [0, 0.05) is 10.9 Å². The Balaban J connectivity index is 3.11. The molecule has 0 atom stereocenters. The van der Waals surface area contributed by atoms with E-state index in [0.29, 0.717) is 17.7 Å². The van der Waals surface area contributed by atoms with Gasteiger partial charge in [-0.05, 0) is 31.5 Å². The summed E-state index contributed by atoms with van der Waals surface area (Å²) in [4.78, 5) is 22.8. The number of ether oxygens (including phenoxy) is 1. The van der Waals surface area contributed by atoms with Crippen molar-refractivity contribution in [3.8, 4) is 0 Å². The van der Waals surface area contributed by atoms with Gasteiger partial charge in [0.15, 0.2) is 0 Å². The minimum atomic E-state index is -0.389. The molecule has 0 N–H and O–H groups in total. The minimum absolute atomic E-state index is 0.0115. The van der Waals surface area contributed by atoms with E-state index < -0.39 is 0 Å². The molecule has 1 aromatic rings. The average Bonchev–Trinajstić information content (AvgIpc) is 2.20. The SMILES string of the molecule is CCOC(=O)c1cccc(Br)c1CC(C)=O. The zero-order valence-electron chi connectivity index (χ0n) is 9.25. The molecule has 0 aromatic heterocycles. The van der Waals surface area contributed by atoms with E-state index in [4.69, 9.17) is 4.74 Å². The van der Waals surface area contributed by atoms with Gasteiger partial charge in [-0.1, -0.05) is 22.0 Å². The van der Waals surface area contributed by atoms with Crippen molar-refractivity contribution in [2.24, 2.45) is 0 Å². The number of carbonyl (C=O) groups excluding carboxylic acids is 2. The molecule has 0 aliphatic heterocycles. The van der Waals surface area contributed by atoms with E-state index in [2.05, 4.69) is 15.9 Å². The van der Waals surface area contributed by atoms with E-state index in [1.165, 1.54) is 6.92 Å². The van der Waals surface area contributed by atoms with Gasteiger partial charge in [0.1, 0.15) is 5.78 Å². The molecule has 0 unspecified atom stereocenters. The maximum Gasteiger partial charge on any atom is 0.338 e. The molecule has 1 rings (SSSR count). The van der Waals surface area contributed by atoms with Gasteiger partial charge in [0.2, 0.25) is 0 Å². The number of carbonyl (C=O) groups is 2. The Labute approximate surface area is 103 Å². The summed E-state index contributed by atoms with van der Waals surface area (Å²) < 4.78 is 5.69. The fourth-order valence-corrected chi connectivity index (χ4v) is 1.89. The van der Waals surface area contributed by atoms with Crippen LogP contribution in [0.15, 0.2) is 22.7 Å². The number of hydrogen-bond acceptors (Lipinski definition) is 3. The zero-order valence-corrected chi connectivity index (χ0v) is 10.8. The van der Waals surface area contributed by atoms with E-state index in [9.17, 15) is 9.59 Å². The lowest BCUT2D eigenvalue weighted by molar-refractivity contribution is -0.116. The van der Waals surface area contributed by atoms with Gasteiger partial charge in [0.05, 0.1) is 12.2 Å². The fourth-order valence-electron chi connectivity index (χ4n) is 1.39. The van der Waals surface area contributed by atoms with Crippen molar-refractivity contribution in [2.45, 2.75) is 20.3 Å². The molecule has 0 aliphatic carbocycles. The highest BCUT2D eigenvalue weighted by atomic mass is 79.9. The van der Waals surface area contributed by atoms with Crippen LogP contribution in [0.4, 0.5) is 0 Å². The third kappa shape index (κ3) is 3.17. The summed E-state index contributed by atoms with van der Waals surface area (Å²) in [5.41, 5.74) is 1.14. The van der Waals surface area contributed by atoms with Crippen LogP contribution in [0, 0.1) is 0 Å². The summed E-state index contributed by atoms with van der Waals surface area (Å²) in [5.74, 6) is -0.377. The lowest BCUT2D eigenvalue weighted by atomic mass is 10.0. The van der Waals surface area contributed by atoms with E-state index in [0.717, 1.165) is 4.47 Å². The maximum atomic E-state index is 11.6. The van der Waals surface area contributed by atoms with Crippen LogP contribution in [-0.2, 0) is 16.0 Å². The van der Waals surface area contributed by atoms with Crippen molar-refractivity contribution in [3.63, 3.8) is 0 Å². The zero-order chi connectivity index (χ0) is 12.1. The summed E-state index contributed by atoms with van der Waals surface area (Å²) in [6.07, 6.45) is 0.232. The number of halogens is 1. The van der Waals surface area contributed by atoms with Crippen molar-refractivity contribution in [1.82, 2.24) is 0 Å². The van der Waals surface area contributed by atoms with Gasteiger partial charge in [-0.2, -0.15) is 0 Å². The number of esters is 1. The van der Waals surface area contributed by atoms with Crippen LogP contribution in [0.25, 0.3) is 0 Å². The Morgan fingerprint density at radius 2 is 2.06 bits per heavy atom. The smallest absolute Gasteiger partial charge is 0.338 e. The molecule has 0 radical (unpaired) electrons. The number of Topliss-reactive ketones (excluding diaryl/α,β-unsaturated/α-hetero) is 1. The van der Waals surface area contributed by atoms with Crippen molar-refractivity contribution in [2.75, 3.05) is 6.61 Å². The molecule has 0 fully saturated rings. The molecule has 0 saturated heterocycles. The number of ketones is 1. The second-order valence-electron chi connectivity index (χ2n) is 3.37. The maximum absolute atomic E-state index is 11.6. The quantitative estimate of drug-likeness (QED) is 0.799. The Hall–Kier alpha value is -1.16. The first kappa shape index (κ1) is 12.9. The molecule has 0 saturated carbocycles. The van der Waals surface area contributed by atoms with Crippen LogP contribution in [0.1, 0.15) is 29.8 Å². The highest BCUT2D eigenvalue weighted by Crippen LogP contribution is 2.22. The normalized spacial score (nSPS) is 9.94. The molecule has 0 bridgehead atoms. The van der Waals surface area contributed by atoms with E-state index in [-0.39, 0.29) is 18.2 Å². The first-order chi connectivity index (χ1) is 7.56. The predicted molar refractivity (Wildman–Crippen MR) is 64.5 cm³/mol. The summed E-state index contributed by atoms with van der Waals surface area (Å²) >= 11 is 3.34. The monoisotopic (exact) mass is 284 g/mol. The second-order valence-corrected chi connectivity index (χ2v) is 4.22. The molecule has 1 aromatic carbocycles. The topological polar surface area (TPSA) is 43.4 Å².